The molecule has 0 aliphatic carbocycles. The molecule has 126 valence electrons. The summed E-state index contributed by atoms with van der Waals surface area (Å²) in [7, 11) is -1.45. The number of ether oxygens (including phenoxy) is 2. The van der Waals surface area contributed by atoms with Crippen LogP contribution in [0.2, 0.25) is 5.02 Å². The normalized spacial score (nSPS) is 11.9. The molecule has 2 rings (SSSR count). The molecule has 0 aliphatic rings. The van der Waals surface area contributed by atoms with Crippen LogP contribution in [-0.4, -0.2) is 28.6 Å². The number of carbonyl (C=O) groups is 1. The second kappa shape index (κ2) is 7.51. The lowest BCUT2D eigenvalue weighted by molar-refractivity contribution is -0.135. The summed E-state index contributed by atoms with van der Waals surface area (Å²) in [5.74, 6) is -0.434. The Morgan fingerprint density at radius 2 is 1.58 bits per heavy atom. The molecule has 0 unspecified atom stereocenters. The molecule has 0 saturated heterocycles. The van der Waals surface area contributed by atoms with Crippen LogP contribution in [-0.2, 0) is 19.4 Å². The van der Waals surface area contributed by atoms with Crippen LogP contribution in [0.1, 0.15) is 5.56 Å². The maximum Gasteiger partial charge on any atom is 0.349 e. The molecule has 0 aromatic heterocycles. The Kier molecular flexibility index (Phi) is 5.64. The molecule has 2 aromatic rings. The minimum absolute atomic E-state index is 0.0334. The predicted octanol–water partition coefficient (Wildman–Crippen LogP) is 3.34. The fourth-order valence-electron chi connectivity index (χ4n) is 1.94. The van der Waals surface area contributed by atoms with Gasteiger partial charge in [-0.3, -0.25) is 0 Å². The van der Waals surface area contributed by atoms with Gasteiger partial charge in [0, 0.05) is 5.02 Å². The van der Waals surface area contributed by atoms with Crippen molar-refractivity contribution in [3.63, 3.8) is 0 Å². The lowest BCUT2D eigenvalue weighted by Crippen LogP contribution is -2.15. The fourth-order valence-corrected chi connectivity index (χ4v) is 3.41. The number of rotatable bonds is 5. The summed E-state index contributed by atoms with van der Waals surface area (Å²) >= 11 is 5.81. The first-order valence-electron chi connectivity index (χ1n) is 6.83. The van der Waals surface area contributed by atoms with Gasteiger partial charge in [0.15, 0.2) is 4.91 Å². The molecule has 0 fully saturated rings. The van der Waals surface area contributed by atoms with E-state index in [1.807, 2.05) is 0 Å². The topological polar surface area (TPSA) is 69.7 Å². The zero-order valence-electron chi connectivity index (χ0n) is 13.0. The number of halogens is 1. The van der Waals surface area contributed by atoms with Gasteiger partial charge in [0.2, 0.25) is 9.84 Å². The molecule has 5 nitrogen and oxygen atoms in total. The average molecular weight is 367 g/mol. The average Bonchev–Trinajstić information content (AvgIpc) is 2.60. The lowest BCUT2D eigenvalue weighted by atomic mass is 10.2. The highest BCUT2D eigenvalue weighted by atomic mass is 35.5. The van der Waals surface area contributed by atoms with Gasteiger partial charge >= 0.3 is 5.97 Å². The van der Waals surface area contributed by atoms with Crippen molar-refractivity contribution in [1.29, 1.82) is 0 Å². The summed E-state index contributed by atoms with van der Waals surface area (Å²) < 4.78 is 35.2. The second-order valence-electron chi connectivity index (χ2n) is 4.73. The zero-order valence-corrected chi connectivity index (χ0v) is 14.6. The van der Waals surface area contributed by atoms with Crippen molar-refractivity contribution < 1.29 is 22.7 Å². The molecule has 2 aromatic carbocycles. The molecular weight excluding hydrogens is 352 g/mol. The first-order valence-corrected chi connectivity index (χ1v) is 8.69. The monoisotopic (exact) mass is 366 g/mol. The molecule has 0 amide bonds. The van der Waals surface area contributed by atoms with Gasteiger partial charge in [0.05, 0.1) is 19.1 Å². The molecule has 0 atom stereocenters. The van der Waals surface area contributed by atoms with Gasteiger partial charge in [-0.1, -0.05) is 23.7 Å². The van der Waals surface area contributed by atoms with Crippen LogP contribution < -0.4 is 4.74 Å². The van der Waals surface area contributed by atoms with Crippen LogP contribution in [0, 0.1) is 0 Å². The standard InChI is InChI=1S/C17H15ClO5S/c1-22-14-7-9-15(10-8-14)24(20,21)16(17(19)23-2)11-12-3-5-13(18)6-4-12/h3-11H,1-2H3. The van der Waals surface area contributed by atoms with Gasteiger partial charge in [-0.2, -0.15) is 0 Å². The molecule has 0 radical (unpaired) electrons. The highest BCUT2D eigenvalue weighted by molar-refractivity contribution is 7.96. The van der Waals surface area contributed by atoms with Crippen LogP contribution in [0.15, 0.2) is 58.3 Å². The summed E-state index contributed by atoms with van der Waals surface area (Å²) in [6.45, 7) is 0. The quantitative estimate of drug-likeness (QED) is 0.599. The van der Waals surface area contributed by atoms with E-state index < -0.39 is 20.7 Å². The van der Waals surface area contributed by atoms with E-state index in [0.29, 0.717) is 16.3 Å². The van der Waals surface area contributed by atoms with Gasteiger partial charge in [-0.25, -0.2) is 13.2 Å². The zero-order chi connectivity index (χ0) is 17.7. The third-order valence-electron chi connectivity index (χ3n) is 3.21. The first-order chi connectivity index (χ1) is 11.4. The van der Waals surface area contributed by atoms with Crippen molar-refractivity contribution in [2.24, 2.45) is 0 Å². The smallest absolute Gasteiger partial charge is 0.349 e. The number of sulfone groups is 1. The highest BCUT2D eigenvalue weighted by Gasteiger charge is 2.28. The van der Waals surface area contributed by atoms with Crippen molar-refractivity contribution in [1.82, 2.24) is 0 Å². The van der Waals surface area contributed by atoms with Crippen LogP contribution in [0.25, 0.3) is 6.08 Å². The summed E-state index contributed by atoms with van der Waals surface area (Å²) in [4.78, 5) is 11.5. The fraction of sp³-hybridized carbons (Fsp3) is 0.118. The van der Waals surface area contributed by atoms with E-state index in [0.717, 1.165) is 7.11 Å². The van der Waals surface area contributed by atoms with E-state index in [2.05, 4.69) is 4.74 Å². The Hall–Kier alpha value is -2.31. The number of benzene rings is 2. The van der Waals surface area contributed by atoms with Crippen molar-refractivity contribution in [2.45, 2.75) is 4.90 Å². The van der Waals surface area contributed by atoms with Gasteiger partial charge in [0.1, 0.15) is 5.75 Å². The molecule has 0 saturated carbocycles. The Bertz CT molecular complexity index is 853. The molecule has 0 aliphatic heterocycles. The third kappa shape index (κ3) is 3.96. The number of esters is 1. The number of carbonyl (C=O) groups excluding carboxylic acids is 1. The van der Waals surface area contributed by atoms with Crippen molar-refractivity contribution in [2.75, 3.05) is 14.2 Å². The molecule has 0 N–H and O–H groups in total. The maximum absolute atomic E-state index is 12.8. The highest BCUT2D eigenvalue weighted by Crippen LogP contribution is 2.25. The Morgan fingerprint density at radius 3 is 2.08 bits per heavy atom. The summed E-state index contributed by atoms with van der Waals surface area (Å²) in [6.07, 6.45) is 1.25. The molecule has 0 spiro atoms. The van der Waals surface area contributed by atoms with Gasteiger partial charge in [0.25, 0.3) is 0 Å². The summed E-state index contributed by atoms with van der Waals surface area (Å²) in [5, 5.41) is 0.504. The molecule has 7 heteroatoms. The van der Waals surface area contributed by atoms with Crippen molar-refractivity contribution >= 4 is 33.5 Å². The van der Waals surface area contributed by atoms with Gasteiger partial charge in [-0.15, -0.1) is 0 Å². The second-order valence-corrected chi connectivity index (χ2v) is 7.09. The predicted molar refractivity (Wildman–Crippen MR) is 91.6 cm³/mol. The van der Waals surface area contributed by atoms with Crippen LogP contribution in [0.5, 0.6) is 5.75 Å². The van der Waals surface area contributed by atoms with E-state index in [4.69, 9.17) is 16.3 Å². The van der Waals surface area contributed by atoms with Crippen LogP contribution in [0.4, 0.5) is 0 Å². The Balaban J connectivity index is 2.53. The molecule has 24 heavy (non-hydrogen) atoms. The first kappa shape index (κ1) is 18.0. The van der Waals surface area contributed by atoms with Crippen molar-refractivity contribution in [3.8, 4) is 5.75 Å². The third-order valence-corrected chi connectivity index (χ3v) is 5.22. The van der Waals surface area contributed by atoms with Gasteiger partial charge in [-0.05, 0) is 48.0 Å². The molecule has 0 bridgehead atoms. The van der Waals surface area contributed by atoms with E-state index in [9.17, 15) is 13.2 Å². The number of hydrogen-bond acceptors (Lipinski definition) is 5. The SMILES string of the molecule is COC(=O)C(=Cc1ccc(Cl)cc1)S(=O)(=O)c1ccc(OC)cc1. The molecular formula is C17H15ClO5S. The largest absolute Gasteiger partial charge is 0.497 e. The number of methoxy groups -OCH3 is 2. The Labute approximate surface area is 145 Å². The molecule has 0 heterocycles. The summed E-state index contributed by atoms with van der Waals surface area (Å²) in [5.41, 5.74) is 0.511. The minimum atomic E-state index is -4.05. The van der Waals surface area contributed by atoms with E-state index in [-0.39, 0.29) is 4.90 Å². The Morgan fingerprint density at radius 1 is 1.00 bits per heavy atom. The van der Waals surface area contributed by atoms with E-state index >= 15 is 0 Å². The van der Waals surface area contributed by atoms with E-state index in [1.165, 1.54) is 37.5 Å². The maximum atomic E-state index is 12.8. The lowest BCUT2D eigenvalue weighted by Gasteiger charge is -2.09. The van der Waals surface area contributed by atoms with Crippen LogP contribution in [0.3, 0.4) is 0 Å². The van der Waals surface area contributed by atoms with Gasteiger partial charge < -0.3 is 9.47 Å². The minimum Gasteiger partial charge on any atom is -0.497 e. The summed E-state index contributed by atoms with van der Waals surface area (Å²) in [6, 6.07) is 12.2. The van der Waals surface area contributed by atoms with Crippen LogP contribution >= 0.6 is 11.6 Å². The van der Waals surface area contributed by atoms with E-state index in [1.54, 1.807) is 24.3 Å². The van der Waals surface area contributed by atoms with Crippen molar-refractivity contribution in [3.05, 3.63) is 64.0 Å². The number of hydrogen-bond donors (Lipinski definition) is 0.